The molecule has 2 aromatic rings. The molecule has 1 N–H and O–H groups in total. The molecule has 2 nitrogen and oxygen atoms in total. The molecular formula is C13H17FeNO-6. The second kappa shape index (κ2) is 16.1. The fourth-order valence-corrected chi connectivity index (χ4v) is 0.723. The minimum absolute atomic E-state index is 0. The average molecular weight is 259 g/mol. The molecule has 0 saturated heterocycles. The molecule has 0 heterocycles. The number of oxime groups is 1. The molecular weight excluding hydrogens is 242 g/mol. The van der Waals surface area contributed by atoms with Crippen LogP contribution in [-0.2, 0) is 17.1 Å². The predicted molar refractivity (Wildman–Crippen MR) is 64.6 cm³/mol. The van der Waals surface area contributed by atoms with Gasteiger partial charge in [0.25, 0.3) is 0 Å². The molecule has 2 rings (SSSR count). The van der Waals surface area contributed by atoms with E-state index in [2.05, 4.69) is 5.16 Å². The topological polar surface area (TPSA) is 32.6 Å². The molecule has 0 unspecified atom stereocenters. The van der Waals surface area contributed by atoms with Gasteiger partial charge < -0.3 is 35.5 Å². The van der Waals surface area contributed by atoms with Crippen LogP contribution in [0, 0.1) is 0 Å². The van der Waals surface area contributed by atoms with Crippen LogP contribution in [0.1, 0.15) is 13.3 Å². The van der Waals surface area contributed by atoms with E-state index < -0.39 is 0 Å². The zero-order chi connectivity index (χ0) is 11.2. The summed E-state index contributed by atoms with van der Waals surface area (Å²) in [5, 5.41) is 10.4. The molecule has 0 aromatic heterocycles. The molecule has 0 radical (unpaired) electrons. The van der Waals surface area contributed by atoms with E-state index >= 15 is 0 Å². The minimum atomic E-state index is 0. The molecule has 0 aliphatic heterocycles. The van der Waals surface area contributed by atoms with Gasteiger partial charge in [-0.15, -0.1) is 5.16 Å². The third kappa shape index (κ3) is 15.2. The fraction of sp³-hybridized carbons (Fsp3) is 0.154. The van der Waals surface area contributed by atoms with E-state index in [1.54, 1.807) is 0 Å². The Morgan fingerprint density at radius 1 is 1.06 bits per heavy atom. The summed E-state index contributed by atoms with van der Waals surface area (Å²) in [4.78, 5) is 0. The van der Waals surface area contributed by atoms with Crippen LogP contribution >= 0.6 is 0 Å². The van der Waals surface area contributed by atoms with Crippen molar-refractivity contribution in [1.82, 2.24) is 0 Å². The molecule has 2 aromatic carbocycles. The maximum absolute atomic E-state index is 7.64. The van der Waals surface area contributed by atoms with Crippen LogP contribution in [-0.4, -0.2) is 11.4 Å². The molecule has 0 fully saturated rings. The van der Waals surface area contributed by atoms with Gasteiger partial charge in [-0.2, -0.15) is 18.2 Å². The first-order valence-electron chi connectivity index (χ1n) is 4.91. The van der Waals surface area contributed by atoms with Crippen LogP contribution in [0.4, 0.5) is 0 Å². The summed E-state index contributed by atoms with van der Waals surface area (Å²) >= 11 is 0. The van der Waals surface area contributed by atoms with Crippen molar-refractivity contribution in [2.45, 2.75) is 13.3 Å². The van der Waals surface area contributed by atoms with Gasteiger partial charge in [0, 0.05) is 23.3 Å². The summed E-state index contributed by atoms with van der Waals surface area (Å²) in [6.07, 6.45) is 2.23. The quantitative estimate of drug-likeness (QED) is 0.274. The van der Waals surface area contributed by atoms with Crippen molar-refractivity contribution in [3.63, 3.8) is 0 Å². The zero-order valence-electron chi connectivity index (χ0n) is 9.31. The maximum atomic E-state index is 7.64. The Labute approximate surface area is 108 Å². The molecule has 0 aliphatic rings. The van der Waals surface area contributed by atoms with Crippen LogP contribution in [0.25, 0.3) is 0 Å². The third-order valence-corrected chi connectivity index (χ3v) is 1.38. The summed E-state index contributed by atoms with van der Waals surface area (Å²) in [7, 11) is 0. The first-order chi connectivity index (χ1) is 7.41. The number of rotatable bonds is 1. The number of hydrogen-bond acceptors (Lipinski definition) is 2. The fourth-order valence-electron chi connectivity index (χ4n) is 0.723. The molecule has 0 bridgehead atoms. The molecule has 0 saturated carbocycles. The maximum Gasteiger partial charge on any atom is 0.0433 e. The Morgan fingerprint density at radius 3 is 1.62 bits per heavy atom. The summed E-state index contributed by atoms with van der Waals surface area (Å²) in [6, 6.07) is 20.0. The first-order valence-corrected chi connectivity index (χ1v) is 4.91. The van der Waals surface area contributed by atoms with Gasteiger partial charge in [-0.05, 0) is 6.42 Å². The molecule has 0 amide bonds. The van der Waals surface area contributed by atoms with Crippen molar-refractivity contribution in [2.75, 3.05) is 0 Å². The first kappa shape index (κ1) is 17.1. The van der Waals surface area contributed by atoms with Crippen LogP contribution in [0.3, 0.4) is 0 Å². The van der Waals surface area contributed by atoms with E-state index in [0.29, 0.717) is 0 Å². The second-order valence-corrected chi connectivity index (χ2v) is 2.63. The second-order valence-electron chi connectivity index (χ2n) is 2.63. The molecule has 0 atom stereocenters. The van der Waals surface area contributed by atoms with Crippen molar-refractivity contribution in [2.24, 2.45) is 5.16 Å². The summed E-state index contributed by atoms with van der Waals surface area (Å²) in [5.41, 5.74) is 0. The SMILES string of the molecule is CCC=NO.[Fe].[cH-]1[cH-][cH-][cH-][cH-]1.c1cc[cH-]c1. The van der Waals surface area contributed by atoms with Gasteiger partial charge >= 0.3 is 0 Å². The number of nitrogens with zero attached hydrogens (tertiary/aromatic N) is 1. The summed E-state index contributed by atoms with van der Waals surface area (Å²) < 4.78 is 0. The van der Waals surface area contributed by atoms with Crippen molar-refractivity contribution in [1.29, 1.82) is 0 Å². The third-order valence-electron chi connectivity index (χ3n) is 1.38. The van der Waals surface area contributed by atoms with Gasteiger partial charge in [0.2, 0.25) is 0 Å². The molecule has 16 heavy (non-hydrogen) atoms. The Balaban J connectivity index is 0. The Morgan fingerprint density at radius 2 is 1.50 bits per heavy atom. The monoisotopic (exact) mass is 259 g/mol. The van der Waals surface area contributed by atoms with E-state index in [1.165, 1.54) is 6.21 Å². The van der Waals surface area contributed by atoms with Crippen LogP contribution in [0.2, 0.25) is 0 Å². The van der Waals surface area contributed by atoms with Crippen LogP contribution in [0.5, 0.6) is 0 Å². The minimum Gasteiger partial charge on any atom is -0.748 e. The van der Waals surface area contributed by atoms with Crippen molar-refractivity contribution < 1.29 is 22.3 Å². The number of hydrogen-bond donors (Lipinski definition) is 1. The largest absolute Gasteiger partial charge is 0.748 e. The Hall–Kier alpha value is -1.31. The van der Waals surface area contributed by atoms with Gasteiger partial charge in [0.1, 0.15) is 0 Å². The standard InChI is InChI=1S/2C5H5.C3H7NO.Fe/c2*1-2-4-5-3-1;1-2-3-4-5;/h2*1-5H;3,5H,2H2,1H3;/q-5;-1;;. The van der Waals surface area contributed by atoms with E-state index in [9.17, 15) is 0 Å². The van der Waals surface area contributed by atoms with Gasteiger partial charge in [-0.25, -0.2) is 12.1 Å². The zero-order valence-corrected chi connectivity index (χ0v) is 10.4. The normalized spacial score (nSPS) is 8.06. The smallest absolute Gasteiger partial charge is 0.0433 e. The Bertz CT molecular complexity index is 227. The Kier molecular flexibility index (Phi) is 17.2. The molecule has 94 valence electrons. The van der Waals surface area contributed by atoms with Gasteiger partial charge in [-0.1, -0.05) is 6.92 Å². The van der Waals surface area contributed by atoms with E-state index in [-0.39, 0.29) is 17.1 Å². The van der Waals surface area contributed by atoms with Crippen LogP contribution in [0.15, 0.2) is 65.8 Å². The predicted octanol–water partition coefficient (Wildman–Crippen LogP) is 3.66. The summed E-state index contributed by atoms with van der Waals surface area (Å²) in [5.74, 6) is 0. The average Bonchev–Trinajstić information content (AvgIpc) is 2.99. The van der Waals surface area contributed by atoms with Crippen molar-refractivity contribution >= 4 is 6.21 Å². The van der Waals surface area contributed by atoms with Gasteiger partial charge in [-0.3, -0.25) is 0 Å². The van der Waals surface area contributed by atoms with Gasteiger partial charge in [0.05, 0.1) is 0 Å². The van der Waals surface area contributed by atoms with E-state index in [0.717, 1.165) is 6.42 Å². The molecule has 0 spiro atoms. The van der Waals surface area contributed by atoms with Crippen molar-refractivity contribution in [3.05, 3.63) is 60.7 Å². The van der Waals surface area contributed by atoms with Gasteiger partial charge in [0.15, 0.2) is 0 Å². The van der Waals surface area contributed by atoms with Crippen molar-refractivity contribution in [3.8, 4) is 0 Å². The van der Waals surface area contributed by atoms with E-state index in [1.807, 2.05) is 67.6 Å². The molecule has 0 aliphatic carbocycles. The van der Waals surface area contributed by atoms with Crippen LogP contribution < -0.4 is 0 Å². The summed E-state index contributed by atoms with van der Waals surface area (Å²) in [6.45, 7) is 1.90. The van der Waals surface area contributed by atoms with E-state index in [4.69, 9.17) is 5.21 Å². The molecule has 3 heteroatoms.